The molecule has 1 spiro atoms. The second kappa shape index (κ2) is 6.88. The summed E-state index contributed by atoms with van der Waals surface area (Å²) in [5.74, 6) is 1.23. The average molecular weight is 345 g/mol. The number of hydrogen-bond donors (Lipinski definition) is 0. The van der Waals surface area contributed by atoms with Crippen molar-refractivity contribution in [2.75, 3.05) is 63.9 Å². The van der Waals surface area contributed by atoms with E-state index in [0.717, 1.165) is 83.4 Å². The third-order valence-electron chi connectivity index (χ3n) is 5.85. The average Bonchev–Trinajstić information content (AvgIpc) is 3.21. The van der Waals surface area contributed by atoms with E-state index >= 15 is 0 Å². The molecule has 4 rings (SSSR count). The number of aromatic nitrogens is 2. The molecule has 1 unspecified atom stereocenters. The van der Waals surface area contributed by atoms with Crippen molar-refractivity contribution in [1.29, 1.82) is 0 Å². The first-order valence-corrected chi connectivity index (χ1v) is 9.31. The molecule has 3 aliphatic heterocycles. The highest BCUT2D eigenvalue weighted by atomic mass is 16.5. The number of carbonyl (C=O) groups is 1. The molecule has 7 nitrogen and oxygen atoms in total. The van der Waals surface area contributed by atoms with E-state index in [1.54, 1.807) is 0 Å². The van der Waals surface area contributed by atoms with Gasteiger partial charge in [0.25, 0.3) is 0 Å². The van der Waals surface area contributed by atoms with Crippen molar-refractivity contribution in [2.45, 2.75) is 19.8 Å². The van der Waals surface area contributed by atoms with Crippen molar-refractivity contribution >= 4 is 11.7 Å². The van der Waals surface area contributed by atoms with Crippen molar-refractivity contribution in [3.63, 3.8) is 0 Å². The van der Waals surface area contributed by atoms with Gasteiger partial charge in [0, 0.05) is 45.8 Å². The highest BCUT2D eigenvalue weighted by Gasteiger charge is 2.50. The van der Waals surface area contributed by atoms with Crippen molar-refractivity contribution < 1.29 is 9.53 Å². The Morgan fingerprint density at radius 1 is 1.08 bits per heavy atom. The maximum absolute atomic E-state index is 13.1. The van der Waals surface area contributed by atoms with Gasteiger partial charge in [-0.15, -0.1) is 5.10 Å². The molecule has 0 saturated carbocycles. The standard InChI is InChI=1S/C18H27N5O2/c1-15-2-3-16(20-19-15)23-7-5-18(14-23)4-6-22(17(18)24)9-8-21-10-12-25-13-11-21/h2-3H,4-14H2,1H3. The second-order valence-corrected chi connectivity index (χ2v) is 7.48. The zero-order valence-corrected chi connectivity index (χ0v) is 15.0. The minimum Gasteiger partial charge on any atom is -0.379 e. The molecule has 4 heterocycles. The molecule has 136 valence electrons. The number of likely N-dealkylation sites (tertiary alicyclic amines) is 1. The summed E-state index contributed by atoms with van der Waals surface area (Å²) in [6.07, 6.45) is 1.89. The molecule has 0 N–H and O–H groups in total. The van der Waals surface area contributed by atoms with E-state index in [-0.39, 0.29) is 5.41 Å². The van der Waals surface area contributed by atoms with Crippen molar-refractivity contribution in [2.24, 2.45) is 5.41 Å². The third-order valence-corrected chi connectivity index (χ3v) is 5.85. The molecule has 0 bridgehead atoms. The van der Waals surface area contributed by atoms with Crippen LogP contribution in [0.1, 0.15) is 18.5 Å². The molecular formula is C18H27N5O2. The molecule has 1 atom stereocenters. The quantitative estimate of drug-likeness (QED) is 0.794. The van der Waals surface area contributed by atoms with Crippen LogP contribution >= 0.6 is 0 Å². The van der Waals surface area contributed by atoms with Gasteiger partial charge in [0.2, 0.25) is 5.91 Å². The molecule has 0 radical (unpaired) electrons. The van der Waals surface area contributed by atoms with Crippen molar-refractivity contribution in [3.05, 3.63) is 17.8 Å². The number of carbonyl (C=O) groups excluding carboxylic acids is 1. The van der Waals surface area contributed by atoms with Crippen LogP contribution in [0, 0.1) is 12.3 Å². The van der Waals surface area contributed by atoms with E-state index < -0.39 is 0 Å². The van der Waals surface area contributed by atoms with Crippen LogP contribution in [-0.2, 0) is 9.53 Å². The number of ether oxygens (including phenoxy) is 1. The third kappa shape index (κ3) is 3.35. The van der Waals surface area contributed by atoms with E-state index in [1.165, 1.54) is 0 Å². The number of rotatable bonds is 4. The Labute approximate surface area is 148 Å². The van der Waals surface area contributed by atoms with Gasteiger partial charge in [0.15, 0.2) is 5.82 Å². The number of anilines is 1. The summed E-state index contributed by atoms with van der Waals surface area (Å²) in [6, 6.07) is 4.00. The molecule has 3 aliphatic rings. The minimum absolute atomic E-state index is 0.211. The molecule has 25 heavy (non-hydrogen) atoms. The predicted molar refractivity (Wildman–Crippen MR) is 94.5 cm³/mol. The van der Waals surface area contributed by atoms with E-state index in [1.807, 2.05) is 19.1 Å². The Morgan fingerprint density at radius 3 is 2.64 bits per heavy atom. The smallest absolute Gasteiger partial charge is 0.230 e. The summed E-state index contributed by atoms with van der Waals surface area (Å²) in [4.78, 5) is 19.7. The first-order chi connectivity index (χ1) is 12.2. The summed E-state index contributed by atoms with van der Waals surface area (Å²) in [6.45, 7) is 9.86. The van der Waals surface area contributed by atoms with E-state index in [2.05, 4.69) is 24.9 Å². The van der Waals surface area contributed by atoms with Gasteiger partial charge in [-0.2, -0.15) is 5.10 Å². The fourth-order valence-electron chi connectivity index (χ4n) is 4.20. The first-order valence-electron chi connectivity index (χ1n) is 9.31. The van der Waals surface area contributed by atoms with E-state index in [0.29, 0.717) is 5.91 Å². The van der Waals surface area contributed by atoms with Crippen LogP contribution < -0.4 is 4.90 Å². The molecular weight excluding hydrogens is 318 g/mol. The Kier molecular flexibility index (Phi) is 4.60. The molecule has 3 saturated heterocycles. The molecule has 0 aliphatic carbocycles. The van der Waals surface area contributed by atoms with Crippen LogP contribution in [0.4, 0.5) is 5.82 Å². The zero-order valence-electron chi connectivity index (χ0n) is 15.0. The van der Waals surface area contributed by atoms with Crippen LogP contribution in [0.3, 0.4) is 0 Å². The number of morpholine rings is 1. The summed E-state index contributed by atoms with van der Waals surface area (Å²) in [5.41, 5.74) is 0.710. The lowest BCUT2D eigenvalue weighted by atomic mass is 9.85. The molecule has 1 aromatic heterocycles. The highest BCUT2D eigenvalue weighted by molar-refractivity contribution is 5.86. The summed E-state index contributed by atoms with van der Waals surface area (Å²) in [5, 5.41) is 8.44. The number of aryl methyl sites for hydroxylation is 1. The number of nitrogens with zero attached hydrogens (tertiary/aromatic N) is 5. The summed E-state index contributed by atoms with van der Waals surface area (Å²) in [7, 11) is 0. The van der Waals surface area contributed by atoms with Gasteiger partial charge < -0.3 is 14.5 Å². The van der Waals surface area contributed by atoms with Crippen molar-refractivity contribution in [1.82, 2.24) is 20.0 Å². The number of amides is 1. The van der Waals surface area contributed by atoms with Gasteiger partial charge in [0.05, 0.1) is 24.3 Å². The summed E-state index contributed by atoms with van der Waals surface area (Å²) >= 11 is 0. The van der Waals surface area contributed by atoms with E-state index in [9.17, 15) is 4.79 Å². The van der Waals surface area contributed by atoms with E-state index in [4.69, 9.17) is 4.74 Å². The highest BCUT2D eigenvalue weighted by Crippen LogP contribution is 2.41. The molecule has 1 amide bonds. The van der Waals surface area contributed by atoms with Gasteiger partial charge in [-0.05, 0) is 31.9 Å². The SMILES string of the molecule is Cc1ccc(N2CCC3(CCN(CCN4CCOCC4)C3=O)C2)nn1. The topological polar surface area (TPSA) is 61.8 Å². The van der Waals surface area contributed by atoms with Gasteiger partial charge in [-0.1, -0.05) is 0 Å². The fraction of sp³-hybridized carbons (Fsp3) is 0.722. The Balaban J connectivity index is 1.35. The van der Waals surface area contributed by atoms with Crippen LogP contribution in [0.15, 0.2) is 12.1 Å². The Hall–Kier alpha value is -1.73. The van der Waals surface area contributed by atoms with Gasteiger partial charge in [-0.25, -0.2) is 0 Å². The van der Waals surface area contributed by atoms with Crippen LogP contribution in [0.5, 0.6) is 0 Å². The largest absolute Gasteiger partial charge is 0.379 e. The van der Waals surface area contributed by atoms with Gasteiger partial charge >= 0.3 is 0 Å². The maximum atomic E-state index is 13.1. The number of hydrogen-bond acceptors (Lipinski definition) is 6. The van der Waals surface area contributed by atoms with Crippen LogP contribution in [0.25, 0.3) is 0 Å². The molecule has 1 aromatic rings. The lowest BCUT2D eigenvalue weighted by molar-refractivity contribution is -0.135. The lowest BCUT2D eigenvalue weighted by Gasteiger charge is -2.29. The lowest BCUT2D eigenvalue weighted by Crippen LogP contribution is -2.43. The fourth-order valence-corrected chi connectivity index (χ4v) is 4.20. The Morgan fingerprint density at radius 2 is 1.88 bits per heavy atom. The monoisotopic (exact) mass is 345 g/mol. The van der Waals surface area contributed by atoms with Crippen molar-refractivity contribution in [3.8, 4) is 0 Å². The summed E-state index contributed by atoms with van der Waals surface area (Å²) < 4.78 is 5.39. The Bertz CT molecular complexity index is 616. The molecule has 0 aromatic carbocycles. The normalized spacial score (nSPS) is 27.6. The maximum Gasteiger partial charge on any atom is 0.230 e. The molecule has 3 fully saturated rings. The van der Waals surface area contributed by atoms with Crippen LogP contribution in [0.2, 0.25) is 0 Å². The predicted octanol–water partition coefficient (Wildman–Crippen LogP) is 0.546. The first kappa shape index (κ1) is 16.7. The second-order valence-electron chi connectivity index (χ2n) is 7.48. The zero-order chi connectivity index (χ0) is 17.3. The van der Waals surface area contributed by atoms with Crippen LogP contribution in [-0.4, -0.2) is 84.9 Å². The minimum atomic E-state index is -0.211. The van der Waals surface area contributed by atoms with Gasteiger partial charge in [0.1, 0.15) is 0 Å². The van der Waals surface area contributed by atoms with Gasteiger partial charge in [-0.3, -0.25) is 9.69 Å². The molecule has 7 heteroatoms.